The highest BCUT2D eigenvalue weighted by Gasteiger charge is 2.16. The maximum Gasteiger partial charge on any atom is 0.320 e. The summed E-state index contributed by atoms with van der Waals surface area (Å²) in [6, 6.07) is 4.76. The Bertz CT molecular complexity index is 589. The number of nitrogens with zero attached hydrogens (tertiary/aromatic N) is 1. The standard InChI is InChI=1S/C13H16N2O3/c1-15-6-5-9-8(7-10(14)13(16)17)3-4-11(18-2)12(9)15/h3-6,10H,7,14H2,1-2H3,(H,16,17). The van der Waals surface area contributed by atoms with Crippen molar-refractivity contribution >= 4 is 16.9 Å². The number of benzene rings is 1. The van der Waals surface area contributed by atoms with Crippen molar-refractivity contribution in [2.24, 2.45) is 12.8 Å². The number of aromatic nitrogens is 1. The van der Waals surface area contributed by atoms with Gasteiger partial charge in [-0.25, -0.2) is 0 Å². The molecule has 0 saturated carbocycles. The van der Waals surface area contributed by atoms with Gasteiger partial charge < -0.3 is 20.1 Å². The Morgan fingerprint density at radius 2 is 2.22 bits per heavy atom. The Labute approximate surface area is 105 Å². The number of fused-ring (bicyclic) bond motifs is 1. The highest BCUT2D eigenvalue weighted by Crippen LogP contribution is 2.29. The van der Waals surface area contributed by atoms with Gasteiger partial charge in [-0.3, -0.25) is 4.79 Å². The summed E-state index contributed by atoms with van der Waals surface area (Å²) in [6.07, 6.45) is 2.23. The molecule has 0 aliphatic carbocycles. The summed E-state index contributed by atoms with van der Waals surface area (Å²) in [5.74, 6) is -0.222. The molecule has 1 heterocycles. The van der Waals surface area contributed by atoms with Crippen LogP contribution in [0.5, 0.6) is 5.75 Å². The Balaban J connectivity index is 2.50. The number of hydrogen-bond donors (Lipinski definition) is 2. The summed E-state index contributed by atoms with van der Waals surface area (Å²) in [4.78, 5) is 10.8. The molecule has 0 aliphatic rings. The molecule has 5 nitrogen and oxygen atoms in total. The number of ether oxygens (including phenoxy) is 1. The third-order valence-corrected chi connectivity index (χ3v) is 3.06. The van der Waals surface area contributed by atoms with Gasteiger partial charge in [-0.05, 0) is 24.1 Å². The number of aryl methyl sites for hydroxylation is 1. The molecule has 96 valence electrons. The van der Waals surface area contributed by atoms with Gasteiger partial charge in [0.25, 0.3) is 0 Å². The predicted octanol–water partition coefficient (Wildman–Crippen LogP) is 1.14. The van der Waals surface area contributed by atoms with Gasteiger partial charge in [-0.15, -0.1) is 0 Å². The van der Waals surface area contributed by atoms with E-state index >= 15 is 0 Å². The summed E-state index contributed by atoms with van der Waals surface area (Å²) in [6.45, 7) is 0. The van der Waals surface area contributed by atoms with Crippen LogP contribution in [0.3, 0.4) is 0 Å². The van der Waals surface area contributed by atoms with E-state index < -0.39 is 12.0 Å². The third-order valence-electron chi connectivity index (χ3n) is 3.06. The third kappa shape index (κ3) is 2.04. The van der Waals surface area contributed by atoms with E-state index in [0.29, 0.717) is 6.42 Å². The molecule has 1 unspecified atom stereocenters. The van der Waals surface area contributed by atoms with Gasteiger partial charge in [0.2, 0.25) is 0 Å². The van der Waals surface area contributed by atoms with E-state index in [1.807, 2.05) is 36.0 Å². The fraction of sp³-hybridized carbons (Fsp3) is 0.308. The van der Waals surface area contributed by atoms with Crippen molar-refractivity contribution in [1.29, 1.82) is 0 Å². The van der Waals surface area contributed by atoms with Gasteiger partial charge in [-0.2, -0.15) is 0 Å². The average molecular weight is 248 g/mol. The quantitative estimate of drug-likeness (QED) is 0.850. The minimum absolute atomic E-state index is 0.305. The molecule has 0 bridgehead atoms. The number of aliphatic carboxylic acids is 1. The van der Waals surface area contributed by atoms with Gasteiger partial charge in [0.15, 0.2) is 0 Å². The first-order valence-electron chi connectivity index (χ1n) is 5.64. The van der Waals surface area contributed by atoms with Crippen LogP contribution in [0.25, 0.3) is 10.9 Å². The maximum absolute atomic E-state index is 10.8. The monoisotopic (exact) mass is 248 g/mol. The number of carboxylic acids is 1. The van der Waals surface area contributed by atoms with Gasteiger partial charge in [0.05, 0.1) is 12.6 Å². The van der Waals surface area contributed by atoms with Gasteiger partial charge in [0, 0.05) is 18.6 Å². The van der Waals surface area contributed by atoms with E-state index in [4.69, 9.17) is 15.6 Å². The molecule has 0 radical (unpaired) electrons. The lowest BCUT2D eigenvalue weighted by Gasteiger charge is -2.11. The van der Waals surface area contributed by atoms with E-state index in [2.05, 4.69) is 0 Å². The van der Waals surface area contributed by atoms with Crippen LogP contribution in [0.2, 0.25) is 0 Å². The molecule has 0 fully saturated rings. The Hall–Kier alpha value is -2.01. The van der Waals surface area contributed by atoms with Crippen molar-refractivity contribution in [3.63, 3.8) is 0 Å². The first-order chi connectivity index (χ1) is 8.54. The van der Waals surface area contributed by atoms with Crippen molar-refractivity contribution in [3.05, 3.63) is 30.0 Å². The average Bonchev–Trinajstić information content (AvgIpc) is 2.73. The van der Waals surface area contributed by atoms with Crippen LogP contribution in [-0.4, -0.2) is 28.8 Å². The van der Waals surface area contributed by atoms with Crippen LogP contribution in [0, 0.1) is 0 Å². The van der Waals surface area contributed by atoms with Crippen molar-refractivity contribution in [2.45, 2.75) is 12.5 Å². The molecule has 1 aromatic heterocycles. The van der Waals surface area contributed by atoms with Crippen LogP contribution >= 0.6 is 0 Å². The zero-order chi connectivity index (χ0) is 13.3. The number of methoxy groups -OCH3 is 1. The van der Waals surface area contributed by atoms with E-state index in [1.165, 1.54) is 0 Å². The van der Waals surface area contributed by atoms with Crippen molar-refractivity contribution < 1.29 is 14.6 Å². The second-order valence-corrected chi connectivity index (χ2v) is 4.26. The van der Waals surface area contributed by atoms with Gasteiger partial charge >= 0.3 is 5.97 Å². The minimum Gasteiger partial charge on any atom is -0.495 e. The van der Waals surface area contributed by atoms with Crippen LogP contribution in [0.4, 0.5) is 0 Å². The lowest BCUT2D eigenvalue weighted by molar-refractivity contribution is -0.138. The molecule has 0 spiro atoms. The number of hydrogen-bond acceptors (Lipinski definition) is 3. The second-order valence-electron chi connectivity index (χ2n) is 4.26. The molecule has 0 aliphatic heterocycles. The number of carbonyl (C=O) groups is 1. The summed E-state index contributed by atoms with van der Waals surface area (Å²) >= 11 is 0. The highest BCUT2D eigenvalue weighted by molar-refractivity contribution is 5.89. The molecule has 0 amide bonds. The van der Waals surface area contributed by atoms with Gasteiger partial charge in [0.1, 0.15) is 11.8 Å². The van der Waals surface area contributed by atoms with Crippen LogP contribution in [0.1, 0.15) is 5.56 Å². The molecular formula is C13H16N2O3. The number of nitrogens with two attached hydrogens (primary N) is 1. The maximum atomic E-state index is 10.8. The largest absolute Gasteiger partial charge is 0.495 e. The van der Waals surface area contributed by atoms with Gasteiger partial charge in [-0.1, -0.05) is 6.07 Å². The number of rotatable bonds is 4. The Morgan fingerprint density at radius 1 is 1.50 bits per heavy atom. The van der Waals surface area contributed by atoms with Crippen molar-refractivity contribution in [1.82, 2.24) is 4.57 Å². The molecule has 3 N–H and O–H groups in total. The molecule has 2 aromatic rings. The zero-order valence-electron chi connectivity index (χ0n) is 10.4. The topological polar surface area (TPSA) is 77.5 Å². The first-order valence-corrected chi connectivity index (χ1v) is 5.64. The Morgan fingerprint density at radius 3 is 2.83 bits per heavy atom. The normalized spacial score (nSPS) is 12.6. The Kier molecular flexibility index (Phi) is 3.25. The lowest BCUT2D eigenvalue weighted by Crippen LogP contribution is -2.32. The molecule has 1 atom stereocenters. The summed E-state index contributed by atoms with van der Waals surface area (Å²) < 4.78 is 7.25. The molecule has 1 aromatic carbocycles. The molecule has 2 rings (SSSR count). The molecule has 18 heavy (non-hydrogen) atoms. The second kappa shape index (κ2) is 4.70. The predicted molar refractivity (Wildman–Crippen MR) is 68.8 cm³/mol. The fourth-order valence-electron chi connectivity index (χ4n) is 2.11. The SMILES string of the molecule is COc1ccc(CC(N)C(=O)O)c2ccn(C)c12. The lowest BCUT2D eigenvalue weighted by atomic mass is 10.0. The number of carboxylic acid groups (broad SMARTS) is 1. The molecule has 0 saturated heterocycles. The van der Waals surface area contributed by atoms with E-state index in [9.17, 15) is 4.79 Å². The highest BCUT2D eigenvalue weighted by atomic mass is 16.5. The summed E-state index contributed by atoms with van der Waals surface area (Å²) in [7, 11) is 3.54. The zero-order valence-corrected chi connectivity index (χ0v) is 10.4. The summed E-state index contributed by atoms with van der Waals surface area (Å²) in [5, 5.41) is 9.85. The van der Waals surface area contributed by atoms with Crippen molar-refractivity contribution in [2.75, 3.05) is 7.11 Å². The van der Waals surface area contributed by atoms with Crippen LogP contribution in [-0.2, 0) is 18.3 Å². The van der Waals surface area contributed by atoms with E-state index in [0.717, 1.165) is 22.2 Å². The van der Waals surface area contributed by atoms with E-state index in [-0.39, 0.29) is 0 Å². The minimum atomic E-state index is -0.991. The fourth-order valence-corrected chi connectivity index (χ4v) is 2.11. The van der Waals surface area contributed by atoms with Crippen molar-refractivity contribution in [3.8, 4) is 5.75 Å². The van der Waals surface area contributed by atoms with E-state index in [1.54, 1.807) is 7.11 Å². The van der Waals surface area contributed by atoms with Crippen LogP contribution < -0.4 is 10.5 Å². The first kappa shape index (κ1) is 12.4. The molecule has 5 heteroatoms. The molecular weight excluding hydrogens is 232 g/mol. The van der Waals surface area contributed by atoms with Crippen LogP contribution in [0.15, 0.2) is 24.4 Å². The smallest absolute Gasteiger partial charge is 0.320 e. The summed E-state index contributed by atoms with van der Waals surface area (Å²) in [5.41, 5.74) is 7.45.